The quantitative estimate of drug-likeness (QED) is 0.563. The minimum atomic E-state index is -0.447. The Morgan fingerprint density at radius 2 is 1.95 bits per heavy atom. The Balaban J connectivity index is 1.62. The van der Waals surface area contributed by atoms with Gasteiger partial charge in [-0.05, 0) is 24.3 Å². The number of halogens is 1. The van der Waals surface area contributed by atoms with Crippen molar-refractivity contribution in [3.05, 3.63) is 34.2 Å². The van der Waals surface area contributed by atoms with Crippen molar-refractivity contribution in [3.8, 4) is 5.75 Å². The molecule has 0 spiro atoms. The first-order valence-electron chi connectivity index (χ1n) is 5.98. The van der Waals surface area contributed by atoms with E-state index in [0.29, 0.717) is 10.1 Å². The molecule has 2 aromatic rings. The van der Waals surface area contributed by atoms with Gasteiger partial charge in [-0.2, -0.15) is 0 Å². The lowest BCUT2D eigenvalue weighted by Crippen LogP contribution is -2.44. The van der Waals surface area contributed by atoms with Gasteiger partial charge in [0.05, 0.1) is 5.75 Å². The number of carbonyl (C=O) groups is 2. The number of hydrogen-bond acceptors (Lipinski definition) is 7. The third-order valence-electron chi connectivity index (χ3n) is 2.19. The maximum atomic E-state index is 11.5. The van der Waals surface area contributed by atoms with Gasteiger partial charge in [0, 0.05) is 4.47 Å². The molecule has 0 fully saturated rings. The Bertz CT molecular complexity index is 622. The van der Waals surface area contributed by atoms with Gasteiger partial charge in [-0.3, -0.25) is 20.4 Å². The molecule has 0 atom stereocenters. The topological polar surface area (TPSA) is 93.2 Å². The van der Waals surface area contributed by atoms with Crippen molar-refractivity contribution in [1.82, 2.24) is 21.0 Å². The summed E-state index contributed by atoms with van der Waals surface area (Å²) in [6.07, 6.45) is 0. The summed E-state index contributed by atoms with van der Waals surface area (Å²) in [5.41, 5.74) is 6.16. The number of aromatic nitrogens is 2. The van der Waals surface area contributed by atoms with Crippen LogP contribution in [0.5, 0.6) is 5.75 Å². The Hall–Kier alpha value is -1.65. The van der Waals surface area contributed by atoms with Crippen LogP contribution in [-0.4, -0.2) is 34.4 Å². The fourth-order valence-corrected chi connectivity index (χ4v) is 2.80. The van der Waals surface area contributed by atoms with E-state index in [1.807, 2.05) is 0 Å². The number of ether oxygens (including phenoxy) is 1. The first-order valence-corrected chi connectivity index (χ1v) is 8.64. The monoisotopic (exact) mass is 402 g/mol. The minimum absolute atomic E-state index is 0.142. The summed E-state index contributed by atoms with van der Waals surface area (Å²) in [5.74, 6) is -0.0749. The molecule has 2 N–H and O–H groups in total. The Kier molecular flexibility index (Phi) is 6.62. The average molecular weight is 403 g/mol. The van der Waals surface area contributed by atoms with Gasteiger partial charge in [0.15, 0.2) is 10.9 Å². The zero-order chi connectivity index (χ0) is 15.8. The highest BCUT2D eigenvalue weighted by Gasteiger charge is 2.07. The summed E-state index contributed by atoms with van der Waals surface area (Å²) in [7, 11) is 0. The Labute approximate surface area is 142 Å². The molecule has 1 aromatic heterocycles. The van der Waals surface area contributed by atoms with Gasteiger partial charge in [-0.1, -0.05) is 39.0 Å². The van der Waals surface area contributed by atoms with E-state index in [9.17, 15) is 9.59 Å². The zero-order valence-corrected chi connectivity index (χ0v) is 14.3. The van der Waals surface area contributed by atoms with E-state index in [-0.39, 0.29) is 18.3 Å². The molecule has 0 saturated carbocycles. The van der Waals surface area contributed by atoms with Crippen molar-refractivity contribution in [2.45, 2.75) is 4.34 Å². The fraction of sp³-hybridized carbons (Fsp3) is 0.167. The number of thioether (sulfide) groups is 1. The standard InChI is InChI=1S/C12H11BrN4O3S2/c13-8-1-3-9(4-2-8)20-5-10(18)15-16-11(19)6-21-12-17-14-7-22-12/h1-4,7H,5-6H2,(H,15,18)(H,16,19). The molecule has 0 bridgehead atoms. The molecule has 22 heavy (non-hydrogen) atoms. The molecule has 0 radical (unpaired) electrons. The molecular formula is C12H11BrN4O3S2. The number of benzene rings is 1. The number of carbonyl (C=O) groups excluding carboxylic acids is 2. The van der Waals surface area contributed by atoms with Crippen molar-refractivity contribution >= 4 is 50.8 Å². The van der Waals surface area contributed by atoms with Crippen molar-refractivity contribution in [1.29, 1.82) is 0 Å². The summed E-state index contributed by atoms with van der Waals surface area (Å²) < 4.78 is 6.88. The van der Waals surface area contributed by atoms with Crippen LogP contribution in [0, 0.1) is 0 Å². The van der Waals surface area contributed by atoms with Crippen LogP contribution < -0.4 is 15.6 Å². The van der Waals surface area contributed by atoms with E-state index >= 15 is 0 Å². The molecular weight excluding hydrogens is 392 g/mol. The number of rotatable bonds is 6. The Morgan fingerprint density at radius 3 is 2.64 bits per heavy atom. The van der Waals surface area contributed by atoms with E-state index in [0.717, 1.165) is 4.47 Å². The molecule has 10 heteroatoms. The normalized spacial score (nSPS) is 10.0. The minimum Gasteiger partial charge on any atom is -0.484 e. The number of nitrogens with one attached hydrogen (secondary N) is 2. The lowest BCUT2D eigenvalue weighted by Gasteiger charge is -2.08. The summed E-state index contributed by atoms with van der Waals surface area (Å²) in [6.45, 7) is -0.189. The number of nitrogens with zero attached hydrogens (tertiary/aromatic N) is 2. The van der Waals surface area contributed by atoms with Crippen LogP contribution in [0.4, 0.5) is 0 Å². The lowest BCUT2D eigenvalue weighted by molar-refractivity contribution is -0.128. The number of amides is 2. The van der Waals surface area contributed by atoms with Crippen LogP contribution in [-0.2, 0) is 9.59 Å². The number of hydrogen-bond donors (Lipinski definition) is 2. The number of hydrazine groups is 1. The molecule has 116 valence electrons. The van der Waals surface area contributed by atoms with Gasteiger partial charge in [-0.25, -0.2) is 0 Å². The van der Waals surface area contributed by atoms with Crippen LogP contribution in [0.15, 0.2) is 38.6 Å². The van der Waals surface area contributed by atoms with Crippen molar-refractivity contribution < 1.29 is 14.3 Å². The van der Waals surface area contributed by atoms with E-state index in [4.69, 9.17) is 4.74 Å². The van der Waals surface area contributed by atoms with Gasteiger partial charge < -0.3 is 4.74 Å². The second kappa shape index (κ2) is 8.71. The fourth-order valence-electron chi connectivity index (χ4n) is 1.24. The second-order valence-corrected chi connectivity index (χ2v) is 6.80. The summed E-state index contributed by atoms with van der Waals surface area (Å²) in [5, 5.41) is 7.45. The summed E-state index contributed by atoms with van der Waals surface area (Å²) in [6, 6.07) is 7.07. The van der Waals surface area contributed by atoms with Gasteiger partial charge in [0.25, 0.3) is 5.91 Å². The lowest BCUT2D eigenvalue weighted by atomic mass is 10.3. The van der Waals surface area contributed by atoms with Crippen LogP contribution in [0.25, 0.3) is 0 Å². The maximum absolute atomic E-state index is 11.5. The van der Waals surface area contributed by atoms with E-state index in [1.54, 1.807) is 29.8 Å². The van der Waals surface area contributed by atoms with Crippen LogP contribution in [0.3, 0.4) is 0 Å². The van der Waals surface area contributed by atoms with Crippen molar-refractivity contribution in [3.63, 3.8) is 0 Å². The molecule has 0 saturated heterocycles. The highest BCUT2D eigenvalue weighted by atomic mass is 79.9. The predicted molar refractivity (Wildman–Crippen MR) is 86.6 cm³/mol. The first-order chi connectivity index (χ1) is 10.6. The Morgan fingerprint density at radius 1 is 1.23 bits per heavy atom. The predicted octanol–water partition coefficient (Wildman–Crippen LogP) is 1.62. The second-order valence-electron chi connectivity index (χ2n) is 3.83. The third-order valence-corrected chi connectivity index (χ3v) is 4.58. The molecule has 2 rings (SSSR count). The van der Waals surface area contributed by atoms with Gasteiger partial charge >= 0.3 is 0 Å². The van der Waals surface area contributed by atoms with Crippen molar-refractivity contribution in [2.75, 3.05) is 12.4 Å². The van der Waals surface area contributed by atoms with Gasteiger partial charge in [-0.15, -0.1) is 10.2 Å². The zero-order valence-electron chi connectivity index (χ0n) is 11.1. The SMILES string of the molecule is O=C(COc1ccc(Br)cc1)NNC(=O)CSc1nncs1. The first kappa shape index (κ1) is 16.7. The van der Waals surface area contributed by atoms with Crippen LogP contribution in [0.1, 0.15) is 0 Å². The highest BCUT2D eigenvalue weighted by Crippen LogP contribution is 2.18. The third kappa shape index (κ3) is 6.00. The molecule has 0 aliphatic carbocycles. The highest BCUT2D eigenvalue weighted by molar-refractivity contribution is 9.10. The summed E-state index contributed by atoms with van der Waals surface area (Å²) in [4.78, 5) is 23.1. The average Bonchev–Trinajstić information content (AvgIpc) is 3.04. The van der Waals surface area contributed by atoms with E-state index < -0.39 is 5.91 Å². The molecule has 0 aliphatic heterocycles. The molecule has 0 aliphatic rings. The van der Waals surface area contributed by atoms with E-state index in [2.05, 4.69) is 37.0 Å². The maximum Gasteiger partial charge on any atom is 0.276 e. The van der Waals surface area contributed by atoms with Crippen LogP contribution >= 0.6 is 39.0 Å². The smallest absolute Gasteiger partial charge is 0.276 e. The molecule has 1 heterocycles. The molecule has 1 aromatic carbocycles. The van der Waals surface area contributed by atoms with Crippen LogP contribution in [0.2, 0.25) is 0 Å². The van der Waals surface area contributed by atoms with Crippen molar-refractivity contribution in [2.24, 2.45) is 0 Å². The molecule has 0 unspecified atom stereocenters. The summed E-state index contributed by atoms with van der Waals surface area (Å²) >= 11 is 5.89. The molecule has 2 amide bonds. The van der Waals surface area contributed by atoms with Gasteiger partial charge in [0.1, 0.15) is 11.3 Å². The largest absolute Gasteiger partial charge is 0.484 e. The van der Waals surface area contributed by atoms with Gasteiger partial charge in [0.2, 0.25) is 5.91 Å². The molecule has 7 nitrogen and oxygen atoms in total. The van der Waals surface area contributed by atoms with E-state index in [1.165, 1.54) is 23.1 Å².